The van der Waals surface area contributed by atoms with Crippen LogP contribution in [-0.2, 0) is 6.42 Å². The topological polar surface area (TPSA) is 12.4 Å². The van der Waals surface area contributed by atoms with Crippen molar-refractivity contribution in [2.24, 2.45) is 10.9 Å². The number of isothiocyanates is 1. The van der Waals surface area contributed by atoms with E-state index >= 15 is 0 Å². The molecular formula is C25H17F2NS2. The zero-order valence-electron chi connectivity index (χ0n) is 16.0. The van der Waals surface area contributed by atoms with Crippen LogP contribution in [0.25, 0.3) is 10.4 Å². The smallest absolute Gasteiger partial charge is 0.136 e. The second kappa shape index (κ2) is 9.28. The number of rotatable bonds is 4. The maximum absolute atomic E-state index is 14.7. The molecule has 1 aromatic heterocycles. The number of allylic oxidation sites excluding steroid dienone is 2. The van der Waals surface area contributed by atoms with E-state index in [9.17, 15) is 8.78 Å². The molecule has 1 nitrogen and oxygen atoms in total. The van der Waals surface area contributed by atoms with Gasteiger partial charge in [-0.05, 0) is 85.9 Å². The minimum Gasteiger partial charge on any atom is -0.206 e. The second-order valence-electron chi connectivity index (χ2n) is 7.09. The predicted molar refractivity (Wildman–Crippen MR) is 122 cm³/mol. The molecule has 0 N–H and O–H groups in total. The SMILES string of the molecule is Fc1cc(C#Cc2ccc(N=C=S)cc2)cc(F)c1-c1ccc(CC2CC=CC2)s1. The van der Waals surface area contributed by atoms with Gasteiger partial charge in [-0.25, -0.2) is 8.78 Å². The van der Waals surface area contributed by atoms with Gasteiger partial charge in [-0.1, -0.05) is 24.0 Å². The number of aliphatic imine (C=N–C) groups is 1. The summed E-state index contributed by atoms with van der Waals surface area (Å²) in [6, 6.07) is 13.4. The van der Waals surface area contributed by atoms with Crippen molar-refractivity contribution < 1.29 is 8.78 Å². The molecule has 0 unspecified atom stereocenters. The van der Waals surface area contributed by atoms with Crippen molar-refractivity contribution in [3.05, 3.63) is 88.3 Å². The molecule has 0 atom stereocenters. The fourth-order valence-electron chi connectivity index (χ4n) is 3.44. The summed E-state index contributed by atoms with van der Waals surface area (Å²) in [7, 11) is 0. The molecule has 0 radical (unpaired) electrons. The first-order chi connectivity index (χ1) is 14.6. The molecule has 1 aliphatic rings. The zero-order chi connectivity index (χ0) is 20.9. The third kappa shape index (κ3) is 4.80. The van der Waals surface area contributed by atoms with Gasteiger partial charge < -0.3 is 0 Å². The lowest BCUT2D eigenvalue weighted by molar-refractivity contribution is 0.572. The predicted octanol–water partition coefficient (Wildman–Crippen LogP) is 7.34. The first-order valence-corrected chi connectivity index (χ1v) is 10.8. The number of benzene rings is 2. The van der Waals surface area contributed by atoms with E-state index in [-0.39, 0.29) is 5.56 Å². The van der Waals surface area contributed by atoms with Crippen LogP contribution in [-0.4, -0.2) is 5.16 Å². The average Bonchev–Trinajstić information content (AvgIpc) is 3.40. The van der Waals surface area contributed by atoms with Gasteiger partial charge in [-0.2, -0.15) is 4.99 Å². The van der Waals surface area contributed by atoms with E-state index in [0.29, 0.717) is 27.6 Å². The van der Waals surface area contributed by atoms with Crippen LogP contribution in [0.3, 0.4) is 0 Å². The Morgan fingerprint density at radius 2 is 1.60 bits per heavy atom. The number of thiophene rings is 1. The summed E-state index contributed by atoms with van der Waals surface area (Å²) < 4.78 is 29.5. The van der Waals surface area contributed by atoms with E-state index in [4.69, 9.17) is 0 Å². The fraction of sp³-hybridized carbons (Fsp3) is 0.160. The summed E-state index contributed by atoms with van der Waals surface area (Å²) in [5.41, 5.74) is 1.70. The standard InChI is InChI=1S/C25H17F2NS2/c26-22-14-19(6-5-17-7-9-20(10-8-17)28-16-29)15-23(27)25(22)24-12-11-21(30-24)13-18-3-1-2-4-18/h1-2,7-12,14-15,18H,3-4,13H2. The summed E-state index contributed by atoms with van der Waals surface area (Å²) in [6.07, 6.45) is 7.48. The van der Waals surface area contributed by atoms with Crippen LogP contribution in [0.2, 0.25) is 0 Å². The normalized spacial score (nSPS) is 13.0. The van der Waals surface area contributed by atoms with Gasteiger partial charge in [0.2, 0.25) is 0 Å². The van der Waals surface area contributed by atoms with E-state index in [1.54, 1.807) is 30.3 Å². The van der Waals surface area contributed by atoms with Gasteiger partial charge in [0.1, 0.15) is 11.6 Å². The van der Waals surface area contributed by atoms with Crippen molar-refractivity contribution in [2.45, 2.75) is 19.3 Å². The molecule has 1 aliphatic carbocycles. The Morgan fingerprint density at radius 1 is 0.933 bits per heavy atom. The number of nitrogens with zero attached hydrogens (tertiary/aromatic N) is 1. The molecule has 0 amide bonds. The average molecular weight is 434 g/mol. The van der Waals surface area contributed by atoms with Crippen LogP contribution in [0.15, 0.2) is 65.7 Å². The van der Waals surface area contributed by atoms with Crippen molar-refractivity contribution in [3.63, 3.8) is 0 Å². The lowest BCUT2D eigenvalue weighted by atomic mass is 10.0. The molecular weight excluding hydrogens is 416 g/mol. The summed E-state index contributed by atoms with van der Waals surface area (Å²) in [6.45, 7) is 0. The van der Waals surface area contributed by atoms with Crippen LogP contribution < -0.4 is 0 Å². The summed E-state index contributed by atoms with van der Waals surface area (Å²) in [5.74, 6) is 5.14. The van der Waals surface area contributed by atoms with Crippen molar-refractivity contribution in [3.8, 4) is 22.3 Å². The third-order valence-corrected chi connectivity index (χ3v) is 6.16. The van der Waals surface area contributed by atoms with Gasteiger partial charge in [0.15, 0.2) is 0 Å². The summed E-state index contributed by atoms with van der Waals surface area (Å²) in [4.78, 5) is 5.64. The maximum Gasteiger partial charge on any atom is 0.136 e. The highest BCUT2D eigenvalue weighted by atomic mass is 32.1. The molecule has 0 aliphatic heterocycles. The highest BCUT2D eigenvalue weighted by molar-refractivity contribution is 7.78. The zero-order valence-corrected chi connectivity index (χ0v) is 17.6. The maximum atomic E-state index is 14.7. The van der Waals surface area contributed by atoms with Crippen molar-refractivity contribution in [1.29, 1.82) is 0 Å². The Labute approximate surface area is 183 Å². The van der Waals surface area contributed by atoms with Crippen LogP contribution in [0, 0.1) is 29.4 Å². The van der Waals surface area contributed by atoms with Crippen LogP contribution in [0.4, 0.5) is 14.5 Å². The lowest BCUT2D eigenvalue weighted by Gasteiger charge is -2.06. The molecule has 0 saturated carbocycles. The molecule has 30 heavy (non-hydrogen) atoms. The second-order valence-corrected chi connectivity index (χ2v) is 8.44. The Kier molecular flexibility index (Phi) is 6.30. The van der Waals surface area contributed by atoms with E-state index in [2.05, 4.69) is 46.4 Å². The largest absolute Gasteiger partial charge is 0.206 e. The minimum atomic E-state index is -0.596. The molecule has 0 saturated heterocycles. The van der Waals surface area contributed by atoms with E-state index < -0.39 is 11.6 Å². The van der Waals surface area contributed by atoms with Crippen molar-refractivity contribution >= 4 is 34.4 Å². The van der Waals surface area contributed by atoms with E-state index in [1.165, 1.54) is 23.5 Å². The number of hydrogen-bond acceptors (Lipinski definition) is 3. The number of thiocarbonyl (C=S) groups is 1. The van der Waals surface area contributed by atoms with Gasteiger partial charge >= 0.3 is 0 Å². The highest BCUT2D eigenvalue weighted by Gasteiger charge is 2.17. The molecule has 1 heterocycles. The fourth-order valence-corrected chi connectivity index (χ4v) is 4.72. The van der Waals surface area contributed by atoms with Gasteiger partial charge in [-0.3, -0.25) is 0 Å². The summed E-state index contributed by atoms with van der Waals surface area (Å²) in [5, 5.41) is 2.30. The molecule has 5 heteroatoms. The van der Waals surface area contributed by atoms with E-state index in [1.807, 2.05) is 6.07 Å². The molecule has 3 aromatic rings. The van der Waals surface area contributed by atoms with Gasteiger partial charge in [0, 0.05) is 20.9 Å². The summed E-state index contributed by atoms with van der Waals surface area (Å²) >= 11 is 6.03. The van der Waals surface area contributed by atoms with Crippen molar-refractivity contribution in [1.82, 2.24) is 0 Å². The quantitative estimate of drug-likeness (QED) is 0.181. The van der Waals surface area contributed by atoms with Gasteiger partial charge in [0.05, 0.1) is 16.4 Å². The Balaban J connectivity index is 1.54. The van der Waals surface area contributed by atoms with E-state index in [0.717, 1.165) is 24.1 Å². The molecule has 148 valence electrons. The lowest BCUT2D eigenvalue weighted by Crippen LogP contribution is -1.96. The first-order valence-electron chi connectivity index (χ1n) is 9.55. The van der Waals surface area contributed by atoms with Crippen molar-refractivity contribution in [2.75, 3.05) is 0 Å². The Bertz CT molecular complexity index is 1170. The highest BCUT2D eigenvalue weighted by Crippen LogP contribution is 2.35. The number of hydrogen-bond donors (Lipinski definition) is 0. The van der Waals surface area contributed by atoms with Crippen LogP contribution in [0.5, 0.6) is 0 Å². The molecule has 4 rings (SSSR count). The molecule has 0 fully saturated rings. The monoisotopic (exact) mass is 433 g/mol. The Morgan fingerprint density at radius 3 is 2.27 bits per heavy atom. The molecule has 0 bridgehead atoms. The molecule has 0 spiro atoms. The number of halogens is 2. The third-order valence-electron chi connectivity index (χ3n) is 4.94. The van der Waals surface area contributed by atoms with Gasteiger partial charge in [-0.15, -0.1) is 11.3 Å². The molecule has 2 aromatic carbocycles. The van der Waals surface area contributed by atoms with Gasteiger partial charge in [0.25, 0.3) is 0 Å². The minimum absolute atomic E-state index is 0.0173. The first kappa shape index (κ1) is 20.4. The van der Waals surface area contributed by atoms with Crippen LogP contribution in [0.1, 0.15) is 28.8 Å². The Hall–Kier alpha value is -2.90. The van der Waals surface area contributed by atoms with Crippen LogP contribution >= 0.6 is 23.6 Å².